The van der Waals surface area contributed by atoms with Gasteiger partial charge in [0, 0.05) is 29.2 Å². The molecule has 134 valence electrons. The second kappa shape index (κ2) is 10.2. The molecule has 0 spiro atoms. The molecule has 0 aliphatic carbocycles. The zero-order valence-corrected chi connectivity index (χ0v) is 15.5. The van der Waals surface area contributed by atoms with Gasteiger partial charge in [-0.3, -0.25) is 4.79 Å². The standard InChI is InChI=1S/C20H20N2O3S/c1-24-16-12-15(13-17(14-16)25-2)8-9-20(23)22-18-6-3-4-7-19(18)26-11-5-10-21/h3-4,6-9,12-14H,5,11H2,1-2H3,(H,22,23)/b9-8+. The minimum Gasteiger partial charge on any atom is -0.497 e. The summed E-state index contributed by atoms with van der Waals surface area (Å²) in [6.07, 6.45) is 3.63. The normalized spacial score (nSPS) is 10.3. The van der Waals surface area contributed by atoms with Crippen molar-refractivity contribution in [1.29, 1.82) is 5.26 Å². The predicted octanol–water partition coefficient (Wildman–Crippen LogP) is 4.36. The number of amides is 1. The number of nitriles is 1. The molecule has 6 heteroatoms. The van der Waals surface area contributed by atoms with E-state index in [1.807, 2.05) is 36.4 Å². The number of thioether (sulfide) groups is 1. The van der Waals surface area contributed by atoms with Crippen LogP contribution in [0, 0.1) is 11.3 Å². The van der Waals surface area contributed by atoms with Gasteiger partial charge in [-0.05, 0) is 35.9 Å². The van der Waals surface area contributed by atoms with Crippen molar-refractivity contribution in [1.82, 2.24) is 0 Å². The minimum atomic E-state index is -0.236. The Morgan fingerprint density at radius 2 is 1.88 bits per heavy atom. The van der Waals surface area contributed by atoms with Crippen molar-refractivity contribution >= 4 is 29.4 Å². The Bertz CT molecular complexity index is 806. The van der Waals surface area contributed by atoms with Crippen LogP contribution in [0.15, 0.2) is 53.4 Å². The summed E-state index contributed by atoms with van der Waals surface area (Å²) in [5.74, 6) is 1.76. The molecule has 0 saturated carbocycles. The molecule has 0 bridgehead atoms. The fourth-order valence-corrected chi connectivity index (χ4v) is 3.04. The number of anilines is 1. The van der Waals surface area contributed by atoms with E-state index in [9.17, 15) is 4.79 Å². The molecule has 0 aromatic heterocycles. The Balaban J connectivity index is 2.07. The van der Waals surface area contributed by atoms with Gasteiger partial charge in [0.05, 0.1) is 26.0 Å². The van der Waals surface area contributed by atoms with E-state index in [0.29, 0.717) is 23.7 Å². The summed E-state index contributed by atoms with van der Waals surface area (Å²) in [5, 5.41) is 11.5. The molecule has 5 nitrogen and oxygen atoms in total. The number of hydrogen-bond acceptors (Lipinski definition) is 5. The molecule has 0 atom stereocenters. The summed E-state index contributed by atoms with van der Waals surface area (Å²) in [6, 6.07) is 15.1. The molecular weight excluding hydrogens is 348 g/mol. The monoisotopic (exact) mass is 368 g/mol. The number of methoxy groups -OCH3 is 2. The lowest BCUT2D eigenvalue weighted by molar-refractivity contribution is -0.111. The SMILES string of the molecule is COc1cc(/C=C/C(=O)Nc2ccccc2SCCC#N)cc(OC)c1. The Morgan fingerprint density at radius 3 is 2.54 bits per heavy atom. The fraction of sp³-hybridized carbons (Fsp3) is 0.200. The molecule has 2 aromatic carbocycles. The van der Waals surface area contributed by atoms with Gasteiger partial charge in [-0.1, -0.05) is 12.1 Å². The molecule has 0 radical (unpaired) electrons. The van der Waals surface area contributed by atoms with Gasteiger partial charge >= 0.3 is 0 Å². The van der Waals surface area contributed by atoms with Crippen LogP contribution in [0.5, 0.6) is 11.5 Å². The number of nitrogens with zero attached hydrogens (tertiary/aromatic N) is 1. The summed E-state index contributed by atoms with van der Waals surface area (Å²) in [6.45, 7) is 0. The van der Waals surface area contributed by atoms with E-state index in [-0.39, 0.29) is 5.91 Å². The number of carbonyl (C=O) groups excluding carboxylic acids is 1. The zero-order chi connectivity index (χ0) is 18.8. The first-order valence-electron chi connectivity index (χ1n) is 7.97. The van der Waals surface area contributed by atoms with E-state index < -0.39 is 0 Å². The van der Waals surface area contributed by atoms with Crippen LogP contribution in [0.2, 0.25) is 0 Å². The third kappa shape index (κ3) is 5.87. The predicted molar refractivity (Wildman–Crippen MR) is 105 cm³/mol. The molecule has 1 amide bonds. The summed E-state index contributed by atoms with van der Waals surface area (Å²) < 4.78 is 10.4. The van der Waals surface area contributed by atoms with Gasteiger partial charge in [0.1, 0.15) is 11.5 Å². The van der Waals surface area contributed by atoms with Crippen LogP contribution >= 0.6 is 11.8 Å². The average molecular weight is 368 g/mol. The highest BCUT2D eigenvalue weighted by atomic mass is 32.2. The van der Waals surface area contributed by atoms with Crippen molar-refractivity contribution in [2.24, 2.45) is 0 Å². The maximum atomic E-state index is 12.3. The maximum absolute atomic E-state index is 12.3. The molecule has 0 aliphatic heterocycles. The van der Waals surface area contributed by atoms with E-state index in [0.717, 1.165) is 16.1 Å². The molecule has 0 saturated heterocycles. The topological polar surface area (TPSA) is 71.3 Å². The van der Waals surface area contributed by atoms with Crippen molar-refractivity contribution in [3.05, 3.63) is 54.1 Å². The number of hydrogen-bond donors (Lipinski definition) is 1. The average Bonchev–Trinajstić information content (AvgIpc) is 2.67. The second-order valence-electron chi connectivity index (χ2n) is 5.22. The van der Waals surface area contributed by atoms with Crippen LogP contribution in [-0.2, 0) is 4.79 Å². The van der Waals surface area contributed by atoms with Crippen LogP contribution < -0.4 is 14.8 Å². The van der Waals surface area contributed by atoms with Crippen LogP contribution in [0.4, 0.5) is 5.69 Å². The van der Waals surface area contributed by atoms with E-state index in [1.165, 1.54) is 6.08 Å². The number of nitrogens with one attached hydrogen (secondary N) is 1. The maximum Gasteiger partial charge on any atom is 0.248 e. The van der Waals surface area contributed by atoms with Crippen molar-refractivity contribution < 1.29 is 14.3 Å². The minimum absolute atomic E-state index is 0.236. The number of rotatable bonds is 8. The molecule has 2 aromatic rings. The van der Waals surface area contributed by atoms with E-state index in [2.05, 4.69) is 11.4 Å². The Labute approximate surface area is 157 Å². The van der Waals surface area contributed by atoms with Crippen LogP contribution in [0.25, 0.3) is 6.08 Å². The summed E-state index contributed by atoms with van der Waals surface area (Å²) in [4.78, 5) is 13.2. The van der Waals surface area contributed by atoms with Crippen LogP contribution in [0.3, 0.4) is 0 Å². The highest BCUT2D eigenvalue weighted by molar-refractivity contribution is 7.99. The lowest BCUT2D eigenvalue weighted by atomic mass is 10.2. The largest absolute Gasteiger partial charge is 0.497 e. The molecule has 0 aliphatic rings. The summed E-state index contributed by atoms with van der Waals surface area (Å²) >= 11 is 1.54. The van der Waals surface area contributed by atoms with Crippen molar-refractivity contribution in [2.75, 3.05) is 25.3 Å². The van der Waals surface area contributed by atoms with Gasteiger partial charge in [-0.15, -0.1) is 11.8 Å². The van der Waals surface area contributed by atoms with Crippen molar-refractivity contribution in [3.63, 3.8) is 0 Å². The second-order valence-corrected chi connectivity index (χ2v) is 6.36. The van der Waals surface area contributed by atoms with E-state index in [1.54, 1.807) is 38.1 Å². The van der Waals surface area contributed by atoms with Gasteiger partial charge in [0.2, 0.25) is 5.91 Å². The molecule has 1 N–H and O–H groups in total. The molecule has 0 unspecified atom stereocenters. The summed E-state index contributed by atoms with van der Waals surface area (Å²) in [5.41, 5.74) is 1.53. The molecule has 26 heavy (non-hydrogen) atoms. The van der Waals surface area contributed by atoms with Gasteiger partial charge in [-0.2, -0.15) is 5.26 Å². The zero-order valence-electron chi connectivity index (χ0n) is 14.7. The van der Waals surface area contributed by atoms with Crippen LogP contribution in [0.1, 0.15) is 12.0 Å². The van der Waals surface area contributed by atoms with Gasteiger partial charge in [-0.25, -0.2) is 0 Å². The number of ether oxygens (including phenoxy) is 2. The van der Waals surface area contributed by atoms with Gasteiger partial charge in [0.15, 0.2) is 0 Å². The van der Waals surface area contributed by atoms with Gasteiger partial charge < -0.3 is 14.8 Å². The Kier molecular flexibility index (Phi) is 7.59. The van der Waals surface area contributed by atoms with E-state index >= 15 is 0 Å². The third-order valence-electron chi connectivity index (χ3n) is 3.42. The number of benzene rings is 2. The Hall–Kier alpha value is -2.91. The van der Waals surface area contributed by atoms with Crippen molar-refractivity contribution in [2.45, 2.75) is 11.3 Å². The van der Waals surface area contributed by atoms with Gasteiger partial charge in [0.25, 0.3) is 0 Å². The number of para-hydroxylation sites is 1. The Morgan fingerprint density at radius 1 is 1.19 bits per heavy atom. The molecule has 2 rings (SSSR count). The first-order chi connectivity index (χ1) is 12.7. The lowest BCUT2D eigenvalue weighted by Gasteiger charge is -2.09. The van der Waals surface area contributed by atoms with Crippen LogP contribution in [-0.4, -0.2) is 25.9 Å². The molecule has 0 fully saturated rings. The molecule has 0 heterocycles. The number of carbonyl (C=O) groups is 1. The van der Waals surface area contributed by atoms with Crippen molar-refractivity contribution in [3.8, 4) is 17.6 Å². The smallest absolute Gasteiger partial charge is 0.248 e. The van der Waals surface area contributed by atoms with E-state index in [4.69, 9.17) is 14.7 Å². The third-order valence-corrected chi connectivity index (χ3v) is 4.49. The fourth-order valence-electron chi connectivity index (χ4n) is 2.17. The highest BCUT2D eigenvalue weighted by Gasteiger charge is 2.05. The first-order valence-corrected chi connectivity index (χ1v) is 8.95. The molecular formula is C20H20N2O3S. The highest BCUT2D eigenvalue weighted by Crippen LogP contribution is 2.27. The first kappa shape index (κ1) is 19.4. The quantitative estimate of drug-likeness (QED) is 0.426. The lowest BCUT2D eigenvalue weighted by Crippen LogP contribution is -2.08. The summed E-state index contributed by atoms with van der Waals surface area (Å²) in [7, 11) is 3.16.